The molecule has 0 amide bonds. The van der Waals surface area contributed by atoms with Crippen LogP contribution in [-0.4, -0.2) is 24.3 Å². The number of ether oxygens (including phenoxy) is 1. The van der Waals surface area contributed by atoms with Crippen molar-refractivity contribution in [2.75, 3.05) is 13.2 Å². The van der Waals surface area contributed by atoms with Gasteiger partial charge >= 0.3 is 5.97 Å². The molecule has 16 heavy (non-hydrogen) atoms. The van der Waals surface area contributed by atoms with Crippen LogP contribution in [0.5, 0.6) is 0 Å². The molecule has 0 aliphatic rings. The molecule has 0 fully saturated rings. The second-order valence-corrected chi connectivity index (χ2v) is 3.62. The minimum atomic E-state index is -0.294. The monoisotopic (exact) mass is 222 g/mol. The first-order valence-electron chi connectivity index (χ1n) is 5.65. The number of unbranched alkanes of at least 4 members (excludes halogenated alkanes) is 1. The van der Waals surface area contributed by atoms with Crippen molar-refractivity contribution in [3.8, 4) is 0 Å². The smallest absolute Gasteiger partial charge is 0.338 e. The summed E-state index contributed by atoms with van der Waals surface area (Å²) in [6.45, 7) is 2.55. The van der Waals surface area contributed by atoms with Crippen LogP contribution in [0.3, 0.4) is 0 Å². The molecule has 0 saturated carbocycles. The van der Waals surface area contributed by atoms with E-state index in [1.165, 1.54) is 0 Å². The SMILES string of the molecule is CCCCOC(=O)c1ccccc1CCO. The van der Waals surface area contributed by atoms with Crippen molar-refractivity contribution in [2.24, 2.45) is 0 Å². The molecule has 0 bridgehead atoms. The standard InChI is InChI=1S/C13H18O3/c1-2-3-10-16-13(15)12-7-5-4-6-11(12)8-9-14/h4-7,14H,2-3,8-10H2,1H3. The predicted molar refractivity (Wildman–Crippen MR) is 62.4 cm³/mol. The summed E-state index contributed by atoms with van der Waals surface area (Å²) in [7, 11) is 0. The molecule has 0 spiro atoms. The van der Waals surface area contributed by atoms with E-state index in [4.69, 9.17) is 9.84 Å². The average molecular weight is 222 g/mol. The van der Waals surface area contributed by atoms with Gasteiger partial charge < -0.3 is 9.84 Å². The summed E-state index contributed by atoms with van der Waals surface area (Å²) in [6.07, 6.45) is 2.37. The summed E-state index contributed by atoms with van der Waals surface area (Å²) < 4.78 is 5.13. The minimum Gasteiger partial charge on any atom is -0.462 e. The van der Waals surface area contributed by atoms with Crippen molar-refractivity contribution >= 4 is 5.97 Å². The Hall–Kier alpha value is -1.35. The average Bonchev–Trinajstić information content (AvgIpc) is 2.30. The zero-order chi connectivity index (χ0) is 11.8. The highest BCUT2D eigenvalue weighted by Gasteiger charge is 2.11. The molecular weight excluding hydrogens is 204 g/mol. The van der Waals surface area contributed by atoms with E-state index in [1.54, 1.807) is 12.1 Å². The maximum absolute atomic E-state index is 11.7. The van der Waals surface area contributed by atoms with E-state index in [2.05, 4.69) is 0 Å². The molecule has 0 radical (unpaired) electrons. The third kappa shape index (κ3) is 3.66. The zero-order valence-electron chi connectivity index (χ0n) is 9.61. The Kier molecular flexibility index (Phi) is 5.57. The fourth-order valence-electron chi connectivity index (χ4n) is 1.44. The van der Waals surface area contributed by atoms with Crippen molar-refractivity contribution < 1.29 is 14.6 Å². The van der Waals surface area contributed by atoms with Gasteiger partial charge in [-0.15, -0.1) is 0 Å². The molecule has 0 aromatic heterocycles. The topological polar surface area (TPSA) is 46.5 Å². The van der Waals surface area contributed by atoms with Gasteiger partial charge in [0.1, 0.15) is 0 Å². The van der Waals surface area contributed by atoms with Crippen LogP contribution in [0.15, 0.2) is 24.3 Å². The van der Waals surface area contributed by atoms with E-state index in [9.17, 15) is 4.79 Å². The Morgan fingerprint density at radius 1 is 1.38 bits per heavy atom. The molecule has 0 aliphatic carbocycles. The van der Waals surface area contributed by atoms with Gasteiger partial charge in [0, 0.05) is 6.61 Å². The third-order valence-corrected chi connectivity index (χ3v) is 2.35. The molecule has 0 aliphatic heterocycles. The zero-order valence-corrected chi connectivity index (χ0v) is 9.61. The Morgan fingerprint density at radius 2 is 2.12 bits per heavy atom. The first kappa shape index (κ1) is 12.7. The summed E-state index contributed by atoms with van der Waals surface area (Å²) in [6, 6.07) is 7.23. The van der Waals surface area contributed by atoms with Crippen LogP contribution in [0, 0.1) is 0 Å². The Balaban J connectivity index is 2.66. The molecule has 1 aromatic carbocycles. The molecule has 0 heterocycles. The number of aliphatic hydroxyl groups excluding tert-OH is 1. The normalized spacial score (nSPS) is 10.1. The lowest BCUT2D eigenvalue weighted by Gasteiger charge is -2.08. The third-order valence-electron chi connectivity index (χ3n) is 2.35. The van der Waals surface area contributed by atoms with Crippen LogP contribution >= 0.6 is 0 Å². The summed E-state index contributed by atoms with van der Waals surface area (Å²) in [4.78, 5) is 11.7. The van der Waals surface area contributed by atoms with Gasteiger partial charge in [-0.2, -0.15) is 0 Å². The van der Waals surface area contributed by atoms with Gasteiger partial charge in [0.25, 0.3) is 0 Å². The van der Waals surface area contributed by atoms with Crippen LogP contribution in [0.4, 0.5) is 0 Å². The first-order valence-corrected chi connectivity index (χ1v) is 5.65. The summed E-state index contributed by atoms with van der Waals surface area (Å²) in [5, 5.41) is 8.89. The number of hydrogen-bond donors (Lipinski definition) is 1. The van der Waals surface area contributed by atoms with Gasteiger partial charge in [0.05, 0.1) is 12.2 Å². The Morgan fingerprint density at radius 3 is 2.81 bits per heavy atom. The summed E-state index contributed by atoms with van der Waals surface area (Å²) in [5.74, 6) is -0.294. The van der Waals surface area contributed by atoms with Gasteiger partial charge in [-0.1, -0.05) is 31.5 Å². The van der Waals surface area contributed by atoms with Crippen molar-refractivity contribution in [3.63, 3.8) is 0 Å². The Labute approximate surface area is 96.1 Å². The van der Waals surface area contributed by atoms with Gasteiger partial charge in [-0.3, -0.25) is 0 Å². The lowest BCUT2D eigenvalue weighted by atomic mass is 10.1. The minimum absolute atomic E-state index is 0.0409. The van der Waals surface area contributed by atoms with Crippen molar-refractivity contribution in [2.45, 2.75) is 26.2 Å². The number of carbonyl (C=O) groups excluding carboxylic acids is 1. The van der Waals surface area contributed by atoms with E-state index < -0.39 is 0 Å². The number of rotatable bonds is 6. The van der Waals surface area contributed by atoms with E-state index >= 15 is 0 Å². The fourth-order valence-corrected chi connectivity index (χ4v) is 1.44. The van der Waals surface area contributed by atoms with Crippen LogP contribution in [0.1, 0.15) is 35.7 Å². The molecule has 0 saturated heterocycles. The molecular formula is C13H18O3. The van der Waals surface area contributed by atoms with Gasteiger partial charge in [0.2, 0.25) is 0 Å². The van der Waals surface area contributed by atoms with Crippen LogP contribution in [0.2, 0.25) is 0 Å². The van der Waals surface area contributed by atoms with Gasteiger partial charge in [-0.05, 0) is 24.5 Å². The van der Waals surface area contributed by atoms with Gasteiger partial charge in [0.15, 0.2) is 0 Å². The van der Waals surface area contributed by atoms with Crippen LogP contribution < -0.4 is 0 Å². The van der Waals surface area contributed by atoms with E-state index in [1.807, 2.05) is 19.1 Å². The number of aliphatic hydroxyl groups is 1. The molecule has 1 aromatic rings. The predicted octanol–water partition coefficient (Wildman–Crippen LogP) is 2.18. The second-order valence-electron chi connectivity index (χ2n) is 3.62. The lowest BCUT2D eigenvalue weighted by Crippen LogP contribution is -2.10. The Bertz CT molecular complexity index is 334. The number of carbonyl (C=O) groups is 1. The van der Waals surface area contributed by atoms with Crippen molar-refractivity contribution in [1.82, 2.24) is 0 Å². The van der Waals surface area contributed by atoms with E-state index in [-0.39, 0.29) is 12.6 Å². The first-order chi connectivity index (χ1) is 7.79. The van der Waals surface area contributed by atoms with Crippen LogP contribution in [0.25, 0.3) is 0 Å². The molecule has 1 rings (SSSR count). The molecule has 88 valence electrons. The largest absolute Gasteiger partial charge is 0.462 e. The highest BCUT2D eigenvalue weighted by atomic mass is 16.5. The summed E-state index contributed by atoms with van der Waals surface area (Å²) >= 11 is 0. The molecule has 3 nitrogen and oxygen atoms in total. The van der Waals surface area contributed by atoms with E-state index in [0.717, 1.165) is 18.4 Å². The molecule has 1 N–H and O–H groups in total. The number of esters is 1. The number of hydrogen-bond acceptors (Lipinski definition) is 3. The number of benzene rings is 1. The maximum Gasteiger partial charge on any atom is 0.338 e. The highest BCUT2D eigenvalue weighted by Crippen LogP contribution is 2.11. The fraction of sp³-hybridized carbons (Fsp3) is 0.462. The lowest BCUT2D eigenvalue weighted by molar-refractivity contribution is 0.0498. The quantitative estimate of drug-likeness (QED) is 0.592. The molecule has 0 unspecified atom stereocenters. The molecule has 0 atom stereocenters. The van der Waals surface area contributed by atoms with Crippen molar-refractivity contribution in [1.29, 1.82) is 0 Å². The van der Waals surface area contributed by atoms with Gasteiger partial charge in [-0.25, -0.2) is 4.79 Å². The second kappa shape index (κ2) is 7.01. The van der Waals surface area contributed by atoms with E-state index in [0.29, 0.717) is 18.6 Å². The maximum atomic E-state index is 11.7. The molecule has 3 heteroatoms. The highest BCUT2D eigenvalue weighted by molar-refractivity contribution is 5.91. The van der Waals surface area contributed by atoms with Crippen LogP contribution in [-0.2, 0) is 11.2 Å². The summed E-state index contributed by atoms with van der Waals surface area (Å²) in [5.41, 5.74) is 1.40. The van der Waals surface area contributed by atoms with Crippen molar-refractivity contribution in [3.05, 3.63) is 35.4 Å².